The molecule has 0 heterocycles. The Balaban J connectivity index is 1.81. The highest BCUT2D eigenvalue weighted by Gasteiger charge is 2.00. The van der Waals surface area contributed by atoms with E-state index in [0.29, 0.717) is 5.56 Å². The molecule has 108 valence electrons. The van der Waals surface area contributed by atoms with E-state index in [0.717, 1.165) is 11.3 Å². The summed E-state index contributed by atoms with van der Waals surface area (Å²) in [5.41, 5.74) is 4.95. The molecule has 2 rings (SSSR count). The largest absolute Gasteiger partial charge is 0.507 e. The Hall–Kier alpha value is -2.82. The van der Waals surface area contributed by atoms with E-state index in [2.05, 4.69) is 15.8 Å². The molecule has 0 aliphatic carbocycles. The number of phenolic OH excluding ortho intramolecular Hbond substituents is 1. The summed E-state index contributed by atoms with van der Waals surface area (Å²) in [6.07, 6.45) is 1.40. The molecule has 0 aliphatic rings. The predicted octanol–water partition coefficient (Wildman–Crippen LogP) is 2.26. The van der Waals surface area contributed by atoms with Crippen LogP contribution in [-0.2, 0) is 4.79 Å². The summed E-state index contributed by atoms with van der Waals surface area (Å²) in [5, 5.41) is 16.4. The van der Waals surface area contributed by atoms with Crippen LogP contribution < -0.4 is 10.7 Å². The zero-order chi connectivity index (χ0) is 15.1. The molecule has 0 fully saturated rings. The van der Waals surface area contributed by atoms with Crippen LogP contribution in [0.25, 0.3) is 0 Å². The van der Waals surface area contributed by atoms with Gasteiger partial charge in [0.1, 0.15) is 5.75 Å². The second-order valence-electron chi connectivity index (χ2n) is 4.58. The van der Waals surface area contributed by atoms with Gasteiger partial charge in [-0.25, -0.2) is 5.43 Å². The molecule has 0 saturated carbocycles. The maximum absolute atomic E-state index is 11.6. The quantitative estimate of drug-likeness (QED) is 0.582. The molecule has 0 atom stereocenters. The van der Waals surface area contributed by atoms with Gasteiger partial charge in [-0.15, -0.1) is 0 Å². The molecule has 0 aromatic heterocycles. The Morgan fingerprint density at radius 1 is 1.24 bits per heavy atom. The fourth-order valence-electron chi connectivity index (χ4n) is 1.75. The summed E-state index contributed by atoms with van der Waals surface area (Å²) >= 11 is 0. The zero-order valence-corrected chi connectivity index (χ0v) is 11.7. The van der Waals surface area contributed by atoms with Crippen LogP contribution in [-0.4, -0.2) is 23.8 Å². The zero-order valence-electron chi connectivity index (χ0n) is 11.7. The number of para-hydroxylation sites is 1. The van der Waals surface area contributed by atoms with Gasteiger partial charge in [0.15, 0.2) is 0 Å². The average molecular weight is 283 g/mol. The number of nitrogens with one attached hydrogen (secondary N) is 2. The third-order valence-electron chi connectivity index (χ3n) is 2.80. The number of carbonyl (C=O) groups excluding carboxylic acids is 1. The molecular weight excluding hydrogens is 266 g/mol. The second kappa shape index (κ2) is 7.09. The lowest BCUT2D eigenvalue weighted by Gasteiger charge is -2.05. The molecule has 0 spiro atoms. The fourth-order valence-corrected chi connectivity index (χ4v) is 1.75. The van der Waals surface area contributed by atoms with E-state index in [9.17, 15) is 9.90 Å². The van der Waals surface area contributed by atoms with Gasteiger partial charge in [-0.05, 0) is 36.8 Å². The van der Waals surface area contributed by atoms with Gasteiger partial charge in [0.25, 0.3) is 5.91 Å². The summed E-state index contributed by atoms with van der Waals surface area (Å²) < 4.78 is 0. The number of rotatable bonds is 5. The molecule has 5 nitrogen and oxygen atoms in total. The Morgan fingerprint density at radius 3 is 2.81 bits per heavy atom. The van der Waals surface area contributed by atoms with E-state index in [4.69, 9.17) is 0 Å². The molecule has 21 heavy (non-hydrogen) atoms. The first-order valence-electron chi connectivity index (χ1n) is 6.55. The first-order valence-corrected chi connectivity index (χ1v) is 6.55. The highest BCUT2D eigenvalue weighted by Crippen LogP contribution is 2.12. The van der Waals surface area contributed by atoms with Gasteiger partial charge in [0.2, 0.25) is 0 Å². The first-order chi connectivity index (χ1) is 10.1. The van der Waals surface area contributed by atoms with Crippen molar-refractivity contribution < 1.29 is 9.90 Å². The van der Waals surface area contributed by atoms with Crippen LogP contribution in [0.15, 0.2) is 53.6 Å². The molecule has 0 radical (unpaired) electrons. The number of aromatic hydroxyl groups is 1. The summed E-state index contributed by atoms with van der Waals surface area (Å²) in [6, 6.07) is 14.5. The van der Waals surface area contributed by atoms with Crippen molar-refractivity contribution in [2.45, 2.75) is 6.92 Å². The van der Waals surface area contributed by atoms with Gasteiger partial charge in [-0.2, -0.15) is 5.10 Å². The van der Waals surface area contributed by atoms with Crippen LogP contribution in [0.1, 0.15) is 11.1 Å². The number of anilines is 1. The van der Waals surface area contributed by atoms with Crippen molar-refractivity contribution in [3.63, 3.8) is 0 Å². The highest BCUT2D eigenvalue weighted by atomic mass is 16.3. The Bertz CT molecular complexity index is 653. The number of amides is 1. The molecule has 1 amide bonds. The van der Waals surface area contributed by atoms with Gasteiger partial charge in [0, 0.05) is 11.3 Å². The maximum atomic E-state index is 11.6. The van der Waals surface area contributed by atoms with E-state index in [1.165, 1.54) is 6.21 Å². The van der Waals surface area contributed by atoms with Crippen molar-refractivity contribution in [2.75, 3.05) is 11.9 Å². The second-order valence-corrected chi connectivity index (χ2v) is 4.58. The lowest BCUT2D eigenvalue weighted by molar-refractivity contribution is -0.119. The lowest BCUT2D eigenvalue weighted by atomic mass is 10.2. The molecular formula is C16H17N3O2. The standard InChI is InChI=1S/C16H17N3O2/c1-12-5-4-7-14(9-12)17-11-16(21)19-18-10-13-6-2-3-8-15(13)20/h2-10,17,20H,11H2,1H3,(H,19,21). The molecule has 0 aliphatic heterocycles. The Labute approximate surface area is 123 Å². The SMILES string of the molecule is Cc1cccc(NCC(=O)NN=Cc2ccccc2O)c1. The summed E-state index contributed by atoms with van der Waals surface area (Å²) in [4.78, 5) is 11.6. The first kappa shape index (κ1) is 14.6. The van der Waals surface area contributed by atoms with Crippen LogP contribution in [0, 0.1) is 6.92 Å². The van der Waals surface area contributed by atoms with Crippen LogP contribution in [0.2, 0.25) is 0 Å². The third-order valence-corrected chi connectivity index (χ3v) is 2.80. The monoisotopic (exact) mass is 283 g/mol. The topological polar surface area (TPSA) is 73.7 Å². The van der Waals surface area contributed by atoms with Gasteiger partial charge in [-0.1, -0.05) is 24.3 Å². The van der Waals surface area contributed by atoms with Gasteiger partial charge in [0.05, 0.1) is 12.8 Å². The number of carbonyl (C=O) groups is 1. The van der Waals surface area contributed by atoms with E-state index in [1.54, 1.807) is 24.3 Å². The number of hydrazone groups is 1. The van der Waals surface area contributed by atoms with Crippen molar-refractivity contribution >= 4 is 17.8 Å². The Kier molecular flexibility index (Phi) is 4.93. The van der Waals surface area contributed by atoms with Crippen LogP contribution in [0.4, 0.5) is 5.69 Å². The molecule has 0 saturated heterocycles. The van der Waals surface area contributed by atoms with Crippen LogP contribution in [0.3, 0.4) is 0 Å². The number of phenols is 1. The highest BCUT2D eigenvalue weighted by molar-refractivity contribution is 5.86. The number of aryl methyl sites for hydroxylation is 1. The molecule has 3 N–H and O–H groups in total. The van der Waals surface area contributed by atoms with Crippen LogP contribution >= 0.6 is 0 Å². The predicted molar refractivity (Wildman–Crippen MR) is 83.5 cm³/mol. The summed E-state index contributed by atoms with van der Waals surface area (Å²) in [7, 11) is 0. The lowest BCUT2D eigenvalue weighted by Crippen LogP contribution is -2.25. The van der Waals surface area contributed by atoms with E-state index < -0.39 is 0 Å². The van der Waals surface area contributed by atoms with Gasteiger partial charge < -0.3 is 10.4 Å². The van der Waals surface area contributed by atoms with E-state index >= 15 is 0 Å². The number of hydrogen-bond donors (Lipinski definition) is 3. The summed E-state index contributed by atoms with van der Waals surface area (Å²) in [6.45, 7) is 2.11. The number of benzene rings is 2. The summed E-state index contributed by atoms with van der Waals surface area (Å²) in [5.74, 6) is -0.142. The van der Waals surface area contributed by atoms with Crippen molar-refractivity contribution in [1.82, 2.24) is 5.43 Å². The number of nitrogens with zero attached hydrogens (tertiary/aromatic N) is 1. The Morgan fingerprint density at radius 2 is 2.05 bits per heavy atom. The van der Waals surface area contributed by atoms with E-state index in [1.807, 2.05) is 31.2 Å². The van der Waals surface area contributed by atoms with Gasteiger partial charge >= 0.3 is 0 Å². The third kappa shape index (κ3) is 4.65. The van der Waals surface area contributed by atoms with Gasteiger partial charge in [-0.3, -0.25) is 4.79 Å². The van der Waals surface area contributed by atoms with Crippen molar-refractivity contribution in [1.29, 1.82) is 0 Å². The molecule has 0 unspecified atom stereocenters. The smallest absolute Gasteiger partial charge is 0.259 e. The normalized spacial score (nSPS) is 10.5. The van der Waals surface area contributed by atoms with Crippen LogP contribution in [0.5, 0.6) is 5.75 Å². The molecule has 2 aromatic carbocycles. The minimum absolute atomic E-state index is 0.119. The van der Waals surface area contributed by atoms with Crippen molar-refractivity contribution in [2.24, 2.45) is 5.10 Å². The minimum Gasteiger partial charge on any atom is -0.507 e. The fraction of sp³-hybridized carbons (Fsp3) is 0.125. The molecule has 5 heteroatoms. The van der Waals surface area contributed by atoms with Crippen molar-refractivity contribution in [3.05, 3.63) is 59.7 Å². The van der Waals surface area contributed by atoms with Crippen molar-refractivity contribution in [3.8, 4) is 5.75 Å². The average Bonchev–Trinajstić information content (AvgIpc) is 2.47. The maximum Gasteiger partial charge on any atom is 0.259 e. The molecule has 2 aromatic rings. The minimum atomic E-state index is -0.261. The van der Waals surface area contributed by atoms with E-state index in [-0.39, 0.29) is 18.2 Å². The molecule has 0 bridgehead atoms. The number of hydrogen-bond acceptors (Lipinski definition) is 4.